The molecule has 1 heterocycles. The lowest BCUT2D eigenvalue weighted by molar-refractivity contribution is -0.131. The third-order valence-electron chi connectivity index (χ3n) is 3.97. The lowest BCUT2D eigenvalue weighted by Crippen LogP contribution is -2.46. The molecule has 1 aliphatic heterocycles. The van der Waals surface area contributed by atoms with Crippen molar-refractivity contribution >= 4 is 11.8 Å². The van der Waals surface area contributed by atoms with Crippen molar-refractivity contribution in [3.63, 3.8) is 0 Å². The van der Waals surface area contributed by atoms with E-state index in [4.69, 9.17) is 10.00 Å². The van der Waals surface area contributed by atoms with Crippen LogP contribution in [0.25, 0.3) is 0 Å². The molecule has 2 amide bonds. The van der Waals surface area contributed by atoms with Crippen LogP contribution in [0.1, 0.15) is 24.8 Å². The van der Waals surface area contributed by atoms with Crippen molar-refractivity contribution in [1.29, 1.82) is 5.26 Å². The van der Waals surface area contributed by atoms with Gasteiger partial charge in [-0.25, -0.2) is 0 Å². The highest BCUT2D eigenvalue weighted by molar-refractivity contribution is 5.79. The van der Waals surface area contributed by atoms with Gasteiger partial charge >= 0.3 is 0 Å². The number of nitrogens with zero attached hydrogens (tertiary/aromatic N) is 2. The summed E-state index contributed by atoms with van der Waals surface area (Å²) in [6.45, 7) is 1.26. The van der Waals surface area contributed by atoms with Crippen LogP contribution in [-0.4, -0.2) is 43.0 Å². The van der Waals surface area contributed by atoms with Gasteiger partial charge in [-0.3, -0.25) is 9.59 Å². The minimum Gasteiger partial charge on any atom is -0.497 e. The van der Waals surface area contributed by atoms with Crippen LogP contribution in [0.15, 0.2) is 24.3 Å². The molecule has 6 heteroatoms. The molecular formula is C17H21N3O3. The molecule has 0 radical (unpaired) electrons. The minimum absolute atomic E-state index is 0.0564. The molecule has 1 saturated heterocycles. The lowest BCUT2D eigenvalue weighted by atomic mass is 10.0. The van der Waals surface area contributed by atoms with Gasteiger partial charge in [0.1, 0.15) is 12.2 Å². The van der Waals surface area contributed by atoms with Gasteiger partial charge in [-0.15, -0.1) is 0 Å². The normalized spacial score (nSPS) is 14.9. The zero-order chi connectivity index (χ0) is 16.7. The van der Waals surface area contributed by atoms with E-state index in [2.05, 4.69) is 5.32 Å². The molecule has 1 aliphatic rings. The van der Waals surface area contributed by atoms with Crippen molar-refractivity contribution in [2.24, 2.45) is 0 Å². The van der Waals surface area contributed by atoms with Crippen molar-refractivity contribution in [3.05, 3.63) is 29.8 Å². The summed E-state index contributed by atoms with van der Waals surface area (Å²) in [6, 6.07) is 9.37. The van der Waals surface area contributed by atoms with Crippen LogP contribution in [0.4, 0.5) is 0 Å². The largest absolute Gasteiger partial charge is 0.497 e. The zero-order valence-electron chi connectivity index (χ0n) is 13.2. The van der Waals surface area contributed by atoms with E-state index in [-0.39, 0.29) is 24.3 Å². The van der Waals surface area contributed by atoms with Crippen LogP contribution in [0.2, 0.25) is 0 Å². The van der Waals surface area contributed by atoms with Crippen LogP contribution < -0.4 is 10.1 Å². The predicted molar refractivity (Wildman–Crippen MR) is 84.7 cm³/mol. The number of methoxy groups -OCH3 is 1. The fourth-order valence-electron chi connectivity index (χ4n) is 2.65. The Labute approximate surface area is 136 Å². The molecule has 0 unspecified atom stereocenters. The summed E-state index contributed by atoms with van der Waals surface area (Å²) in [5.74, 6) is 0.627. The van der Waals surface area contributed by atoms with Crippen molar-refractivity contribution in [1.82, 2.24) is 10.2 Å². The molecule has 0 aliphatic carbocycles. The van der Waals surface area contributed by atoms with Gasteiger partial charge in [-0.05, 0) is 30.5 Å². The summed E-state index contributed by atoms with van der Waals surface area (Å²) in [6.07, 6.45) is 1.71. The molecule has 0 atom stereocenters. The fraction of sp³-hybridized carbons (Fsp3) is 0.471. The highest BCUT2D eigenvalue weighted by atomic mass is 16.5. The summed E-state index contributed by atoms with van der Waals surface area (Å²) in [5, 5.41) is 11.3. The topological polar surface area (TPSA) is 82.4 Å². The van der Waals surface area contributed by atoms with E-state index in [1.807, 2.05) is 35.2 Å². The van der Waals surface area contributed by atoms with Crippen LogP contribution in [0.5, 0.6) is 5.75 Å². The Kier molecular flexibility index (Phi) is 5.98. The molecule has 2 rings (SSSR count). The number of benzene rings is 1. The number of likely N-dealkylation sites (tertiary alicyclic amines) is 1. The maximum Gasteiger partial charge on any atom is 0.234 e. The highest BCUT2D eigenvalue weighted by Crippen LogP contribution is 2.15. The monoisotopic (exact) mass is 315 g/mol. The van der Waals surface area contributed by atoms with Gasteiger partial charge in [-0.2, -0.15) is 5.26 Å². The third-order valence-corrected chi connectivity index (χ3v) is 3.97. The Hall–Kier alpha value is -2.55. The number of piperidine rings is 1. The second kappa shape index (κ2) is 8.18. The van der Waals surface area contributed by atoms with Crippen molar-refractivity contribution in [3.8, 4) is 11.8 Å². The zero-order valence-corrected chi connectivity index (χ0v) is 13.2. The van der Waals surface area contributed by atoms with E-state index in [1.165, 1.54) is 0 Å². The van der Waals surface area contributed by atoms with Gasteiger partial charge in [0, 0.05) is 19.1 Å². The SMILES string of the molecule is COc1ccc(CC(=O)N2CCC(NC(=O)CC#N)CC2)cc1. The molecule has 0 spiro atoms. The first-order chi connectivity index (χ1) is 11.1. The number of amides is 2. The van der Waals surface area contributed by atoms with Crippen LogP contribution in [-0.2, 0) is 16.0 Å². The smallest absolute Gasteiger partial charge is 0.234 e. The summed E-state index contributed by atoms with van der Waals surface area (Å²) in [4.78, 5) is 25.5. The maximum absolute atomic E-state index is 12.3. The molecule has 1 aromatic carbocycles. The van der Waals surface area contributed by atoms with Crippen LogP contribution in [0.3, 0.4) is 0 Å². The van der Waals surface area contributed by atoms with E-state index < -0.39 is 0 Å². The van der Waals surface area contributed by atoms with Crippen LogP contribution >= 0.6 is 0 Å². The Balaban J connectivity index is 1.79. The fourth-order valence-corrected chi connectivity index (χ4v) is 2.65. The van der Waals surface area contributed by atoms with Crippen molar-refractivity contribution in [2.75, 3.05) is 20.2 Å². The Bertz CT molecular complexity index is 584. The van der Waals surface area contributed by atoms with Gasteiger partial charge in [0.2, 0.25) is 11.8 Å². The molecule has 122 valence electrons. The molecule has 1 aromatic rings. The maximum atomic E-state index is 12.3. The third kappa shape index (κ3) is 4.99. The molecule has 6 nitrogen and oxygen atoms in total. The minimum atomic E-state index is -0.240. The van der Waals surface area contributed by atoms with Crippen molar-refractivity contribution < 1.29 is 14.3 Å². The van der Waals surface area contributed by atoms with Crippen LogP contribution in [0, 0.1) is 11.3 Å². The van der Waals surface area contributed by atoms with Gasteiger partial charge in [0.05, 0.1) is 19.6 Å². The molecule has 1 N–H and O–H groups in total. The van der Waals surface area contributed by atoms with E-state index in [1.54, 1.807) is 7.11 Å². The summed E-state index contributed by atoms with van der Waals surface area (Å²) in [5.41, 5.74) is 0.959. The number of hydrogen-bond donors (Lipinski definition) is 1. The van der Waals surface area contributed by atoms with Gasteiger partial charge < -0.3 is 15.0 Å². The number of nitrogens with one attached hydrogen (secondary N) is 1. The summed E-state index contributed by atoms with van der Waals surface area (Å²) >= 11 is 0. The first kappa shape index (κ1) is 16.8. The molecule has 0 bridgehead atoms. The first-order valence-corrected chi connectivity index (χ1v) is 7.69. The summed E-state index contributed by atoms with van der Waals surface area (Å²) in [7, 11) is 1.61. The van der Waals surface area contributed by atoms with E-state index in [0.717, 1.165) is 24.2 Å². The molecule has 23 heavy (non-hydrogen) atoms. The van der Waals surface area contributed by atoms with Gasteiger partial charge in [-0.1, -0.05) is 12.1 Å². The van der Waals surface area contributed by atoms with Crippen molar-refractivity contribution in [2.45, 2.75) is 31.7 Å². The van der Waals surface area contributed by atoms with E-state index in [9.17, 15) is 9.59 Å². The molecule has 0 aromatic heterocycles. The lowest BCUT2D eigenvalue weighted by Gasteiger charge is -2.32. The van der Waals surface area contributed by atoms with Gasteiger partial charge in [0.15, 0.2) is 0 Å². The average molecular weight is 315 g/mol. The van der Waals surface area contributed by atoms with Gasteiger partial charge in [0.25, 0.3) is 0 Å². The Morgan fingerprint density at radius 3 is 2.52 bits per heavy atom. The first-order valence-electron chi connectivity index (χ1n) is 7.69. The van der Waals surface area contributed by atoms with E-state index >= 15 is 0 Å². The predicted octanol–water partition coefficient (Wildman–Crippen LogP) is 1.26. The molecular weight excluding hydrogens is 294 g/mol. The standard InChI is InChI=1S/C17H21N3O3/c1-23-15-4-2-13(3-5-15)12-17(22)20-10-7-14(8-11-20)19-16(21)6-9-18/h2-5,14H,6-8,10-12H2,1H3,(H,19,21). The molecule has 1 fully saturated rings. The number of ether oxygens (including phenoxy) is 1. The van der Waals surface area contributed by atoms with E-state index in [0.29, 0.717) is 19.5 Å². The summed E-state index contributed by atoms with van der Waals surface area (Å²) < 4.78 is 5.10. The number of hydrogen-bond acceptors (Lipinski definition) is 4. The number of rotatable bonds is 5. The molecule has 0 saturated carbocycles. The second-order valence-corrected chi connectivity index (χ2v) is 5.58. The quantitative estimate of drug-likeness (QED) is 0.887. The number of carbonyl (C=O) groups is 2. The Morgan fingerprint density at radius 1 is 1.30 bits per heavy atom. The Morgan fingerprint density at radius 2 is 1.96 bits per heavy atom. The second-order valence-electron chi connectivity index (χ2n) is 5.58. The number of carbonyl (C=O) groups excluding carboxylic acids is 2. The average Bonchev–Trinajstić information content (AvgIpc) is 2.56. The highest BCUT2D eigenvalue weighted by Gasteiger charge is 2.23. The number of nitriles is 1.